The molecule has 0 bridgehead atoms. The zero-order valence-electron chi connectivity index (χ0n) is 16.3. The van der Waals surface area contributed by atoms with Crippen molar-refractivity contribution in [2.45, 2.75) is 32.9 Å². The molecule has 10 heteroatoms. The molecule has 0 aromatic carbocycles. The second-order valence-corrected chi connectivity index (χ2v) is 8.48. The monoisotopic (exact) mass is 538 g/mol. The Morgan fingerprint density at radius 1 is 1.50 bits per heavy atom. The number of guanidine groups is 1. The number of hydrogen-bond acceptors (Lipinski definition) is 5. The van der Waals surface area contributed by atoms with Gasteiger partial charge in [-0.1, -0.05) is 18.5 Å². The zero-order chi connectivity index (χ0) is 19.1. The zero-order valence-corrected chi connectivity index (χ0v) is 20.2. The molecular formula is C18H28ClIN6OS. The largest absolute Gasteiger partial charge is 0.381 e. The van der Waals surface area contributed by atoms with E-state index in [2.05, 4.69) is 45.0 Å². The third-order valence-corrected chi connectivity index (χ3v) is 5.77. The molecular weight excluding hydrogens is 511 g/mol. The molecule has 0 radical (unpaired) electrons. The lowest BCUT2D eigenvalue weighted by atomic mass is 10.1. The Morgan fingerprint density at radius 3 is 3.04 bits per heavy atom. The standard InChI is InChI=1S/C18H27ClN6OS.HI/c1-3-17-23-22-13-25(17)8-7-20-18(21-10-14-6-9-26-12-14)24(2)11-15-4-5-16(19)27-15;/h4-5,13-14H,3,6-12H2,1-2H3,(H,20,21);1H. The van der Waals surface area contributed by atoms with Gasteiger partial charge in [0.1, 0.15) is 12.2 Å². The van der Waals surface area contributed by atoms with Crippen LogP contribution in [0.1, 0.15) is 24.0 Å². The third kappa shape index (κ3) is 6.85. The molecule has 1 saturated heterocycles. The number of aromatic nitrogens is 3. The maximum atomic E-state index is 6.07. The first-order valence-electron chi connectivity index (χ1n) is 9.33. The average molecular weight is 539 g/mol. The fraction of sp³-hybridized carbons (Fsp3) is 0.611. The highest BCUT2D eigenvalue weighted by Crippen LogP contribution is 2.22. The van der Waals surface area contributed by atoms with E-state index in [9.17, 15) is 0 Å². The minimum Gasteiger partial charge on any atom is -0.381 e. The number of nitrogens with one attached hydrogen (secondary N) is 1. The van der Waals surface area contributed by atoms with Crippen LogP contribution in [0.5, 0.6) is 0 Å². The van der Waals surface area contributed by atoms with Crippen LogP contribution >= 0.6 is 46.9 Å². The van der Waals surface area contributed by atoms with E-state index in [1.54, 1.807) is 17.7 Å². The molecule has 3 heterocycles. The van der Waals surface area contributed by atoms with Crippen LogP contribution in [0, 0.1) is 5.92 Å². The minimum absolute atomic E-state index is 0. The van der Waals surface area contributed by atoms with E-state index in [1.165, 1.54) is 4.88 Å². The van der Waals surface area contributed by atoms with Gasteiger partial charge >= 0.3 is 0 Å². The molecule has 2 aromatic heterocycles. The van der Waals surface area contributed by atoms with Crippen molar-refractivity contribution in [2.24, 2.45) is 10.9 Å². The van der Waals surface area contributed by atoms with Crippen molar-refractivity contribution < 1.29 is 4.74 Å². The van der Waals surface area contributed by atoms with Gasteiger partial charge in [-0.25, -0.2) is 0 Å². The Morgan fingerprint density at radius 2 is 2.36 bits per heavy atom. The van der Waals surface area contributed by atoms with E-state index >= 15 is 0 Å². The van der Waals surface area contributed by atoms with Crippen molar-refractivity contribution in [1.82, 2.24) is 25.0 Å². The van der Waals surface area contributed by atoms with Crippen molar-refractivity contribution in [3.05, 3.63) is 33.5 Å². The third-order valence-electron chi connectivity index (χ3n) is 4.55. The summed E-state index contributed by atoms with van der Waals surface area (Å²) in [6, 6.07) is 4.00. The number of nitrogens with zero attached hydrogens (tertiary/aromatic N) is 5. The second kappa shape index (κ2) is 11.9. The molecule has 0 saturated carbocycles. The van der Waals surface area contributed by atoms with E-state index in [0.29, 0.717) is 5.92 Å². The van der Waals surface area contributed by atoms with Gasteiger partial charge in [0, 0.05) is 50.5 Å². The predicted molar refractivity (Wildman–Crippen MR) is 125 cm³/mol. The minimum atomic E-state index is 0. The van der Waals surface area contributed by atoms with Gasteiger partial charge in [-0.15, -0.1) is 45.5 Å². The van der Waals surface area contributed by atoms with Gasteiger partial charge in [0.25, 0.3) is 0 Å². The summed E-state index contributed by atoms with van der Waals surface area (Å²) in [5.41, 5.74) is 0. The molecule has 1 aliphatic rings. The van der Waals surface area contributed by atoms with Crippen molar-refractivity contribution in [1.29, 1.82) is 0 Å². The van der Waals surface area contributed by atoms with E-state index in [4.69, 9.17) is 21.3 Å². The highest BCUT2D eigenvalue weighted by atomic mass is 127. The molecule has 0 aliphatic carbocycles. The molecule has 0 amide bonds. The fourth-order valence-corrected chi connectivity index (χ4v) is 4.17. The number of rotatable bonds is 8. The van der Waals surface area contributed by atoms with Gasteiger partial charge in [0.2, 0.25) is 0 Å². The van der Waals surface area contributed by atoms with Crippen molar-refractivity contribution in [2.75, 3.05) is 33.4 Å². The van der Waals surface area contributed by atoms with Crippen molar-refractivity contribution in [3.63, 3.8) is 0 Å². The van der Waals surface area contributed by atoms with Crippen LogP contribution in [-0.4, -0.2) is 59.0 Å². The van der Waals surface area contributed by atoms with E-state index in [0.717, 1.165) is 68.4 Å². The quantitative estimate of drug-likeness (QED) is 0.317. The van der Waals surface area contributed by atoms with E-state index < -0.39 is 0 Å². The van der Waals surface area contributed by atoms with Crippen LogP contribution in [0.2, 0.25) is 4.34 Å². The Bertz CT molecular complexity index is 746. The van der Waals surface area contributed by atoms with Crippen LogP contribution in [0.15, 0.2) is 23.5 Å². The molecule has 156 valence electrons. The van der Waals surface area contributed by atoms with Gasteiger partial charge in [0.05, 0.1) is 17.5 Å². The Hall–Kier alpha value is -0.910. The lowest BCUT2D eigenvalue weighted by molar-refractivity contribution is 0.187. The van der Waals surface area contributed by atoms with Crippen molar-refractivity contribution in [3.8, 4) is 0 Å². The molecule has 1 fully saturated rings. The topological polar surface area (TPSA) is 67.6 Å². The molecule has 2 aromatic rings. The lowest BCUT2D eigenvalue weighted by Crippen LogP contribution is -2.40. The van der Waals surface area contributed by atoms with Gasteiger partial charge < -0.3 is 19.5 Å². The first kappa shape index (κ1) is 23.4. The van der Waals surface area contributed by atoms with Gasteiger partial charge in [-0.3, -0.25) is 4.99 Å². The van der Waals surface area contributed by atoms with Crippen LogP contribution in [0.4, 0.5) is 0 Å². The number of hydrogen-bond donors (Lipinski definition) is 1. The Kier molecular flexibility index (Phi) is 9.96. The molecule has 3 rings (SSSR count). The summed E-state index contributed by atoms with van der Waals surface area (Å²) in [6.07, 6.45) is 3.74. The molecule has 1 N–H and O–H groups in total. The second-order valence-electron chi connectivity index (χ2n) is 6.68. The Balaban J connectivity index is 0.00000280. The predicted octanol–water partition coefficient (Wildman–Crippen LogP) is 3.29. The van der Waals surface area contributed by atoms with Crippen LogP contribution in [0.3, 0.4) is 0 Å². The summed E-state index contributed by atoms with van der Waals surface area (Å²) in [5.74, 6) is 2.41. The highest BCUT2D eigenvalue weighted by molar-refractivity contribution is 14.0. The van der Waals surface area contributed by atoms with Gasteiger partial charge in [-0.2, -0.15) is 0 Å². The van der Waals surface area contributed by atoms with E-state index in [1.807, 2.05) is 6.07 Å². The average Bonchev–Trinajstić information content (AvgIpc) is 3.40. The molecule has 1 unspecified atom stereocenters. The van der Waals surface area contributed by atoms with E-state index in [-0.39, 0.29) is 24.0 Å². The van der Waals surface area contributed by atoms with Crippen LogP contribution in [-0.2, 0) is 24.2 Å². The van der Waals surface area contributed by atoms with Crippen molar-refractivity contribution >= 4 is 52.9 Å². The normalized spacial score (nSPS) is 16.8. The summed E-state index contributed by atoms with van der Waals surface area (Å²) in [7, 11) is 2.06. The lowest BCUT2D eigenvalue weighted by Gasteiger charge is -2.22. The molecule has 28 heavy (non-hydrogen) atoms. The summed E-state index contributed by atoms with van der Waals surface area (Å²) in [4.78, 5) is 8.21. The molecule has 1 aliphatic heterocycles. The fourth-order valence-electron chi connectivity index (χ4n) is 3.03. The number of aliphatic imine (C=N–C) groups is 1. The number of ether oxygens (including phenoxy) is 1. The molecule has 7 nitrogen and oxygen atoms in total. The SMILES string of the molecule is CCc1nncn1CCNC(=NCC1CCOC1)N(C)Cc1ccc(Cl)s1.I. The van der Waals surface area contributed by atoms with Gasteiger partial charge in [0.15, 0.2) is 5.96 Å². The summed E-state index contributed by atoms with van der Waals surface area (Å²) >= 11 is 7.67. The number of aryl methyl sites for hydroxylation is 1. The summed E-state index contributed by atoms with van der Waals surface area (Å²) in [6.45, 7) is 6.87. The highest BCUT2D eigenvalue weighted by Gasteiger charge is 2.16. The maximum Gasteiger partial charge on any atom is 0.194 e. The first-order chi connectivity index (χ1) is 13.2. The molecule has 1 atom stereocenters. The summed E-state index contributed by atoms with van der Waals surface area (Å²) < 4.78 is 8.36. The Labute approximate surface area is 192 Å². The smallest absolute Gasteiger partial charge is 0.194 e. The van der Waals surface area contributed by atoms with Crippen LogP contribution in [0.25, 0.3) is 0 Å². The number of halogens is 2. The number of thiophene rings is 1. The first-order valence-corrected chi connectivity index (χ1v) is 10.5. The maximum absolute atomic E-state index is 6.07. The molecule has 0 spiro atoms. The van der Waals surface area contributed by atoms with Gasteiger partial charge in [-0.05, 0) is 18.6 Å². The van der Waals surface area contributed by atoms with Crippen LogP contribution < -0.4 is 5.32 Å². The summed E-state index contributed by atoms with van der Waals surface area (Å²) in [5, 5.41) is 11.6.